The van der Waals surface area contributed by atoms with Gasteiger partial charge < -0.3 is 19.3 Å². The van der Waals surface area contributed by atoms with Crippen LogP contribution in [0.5, 0.6) is 0 Å². The number of unbranched alkanes of at least 4 members (excludes halogenated alkanes) is 1. The summed E-state index contributed by atoms with van der Waals surface area (Å²) in [5, 5.41) is 0. The molecule has 0 fully saturated rings. The van der Waals surface area contributed by atoms with E-state index in [1.165, 1.54) is 7.11 Å². The summed E-state index contributed by atoms with van der Waals surface area (Å²) in [6.45, 7) is 3.02. The van der Waals surface area contributed by atoms with E-state index in [2.05, 4.69) is 6.92 Å². The number of rotatable bonds is 6. The van der Waals surface area contributed by atoms with Crippen LogP contribution in [-0.2, 0) is 14.3 Å². The molecule has 0 aliphatic carbocycles. The van der Waals surface area contributed by atoms with E-state index in [4.69, 9.17) is 9.47 Å². The minimum atomic E-state index is -0.343. The number of nitrogens with zero attached hydrogens (tertiary/aromatic N) is 2. The summed E-state index contributed by atoms with van der Waals surface area (Å²) in [5.74, 6) is -0.343. The second kappa shape index (κ2) is 6.37. The van der Waals surface area contributed by atoms with Crippen molar-refractivity contribution in [1.82, 2.24) is 9.80 Å². The summed E-state index contributed by atoms with van der Waals surface area (Å²) in [6, 6.07) is 0. The van der Waals surface area contributed by atoms with Gasteiger partial charge >= 0.3 is 5.97 Å². The molecule has 1 unspecified atom stereocenters. The van der Waals surface area contributed by atoms with Gasteiger partial charge in [0.15, 0.2) is 0 Å². The number of methoxy groups -OCH3 is 1. The zero-order valence-corrected chi connectivity index (χ0v) is 10.2. The molecule has 0 amide bonds. The SMILES string of the molecule is CCCCN1C=CN(C)C1OC(=O)COC. The summed E-state index contributed by atoms with van der Waals surface area (Å²) in [7, 11) is 3.36. The maximum atomic E-state index is 11.3. The Kier molecular flexibility index (Phi) is 5.11. The first-order valence-corrected chi connectivity index (χ1v) is 5.53. The van der Waals surface area contributed by atoms with Crippen molar-refractivity contribution in [2.24, 2.45) is 0 Å². The van der Waals surface area contributed by atoms with E-state index in [0.29, 0.717) is 0 Å². The van der Waals surface area contributed by atoms with Gasteiger partial charge in [-0.15, -0.1) is 0 Å². The highest BCUT2D eigenvalue weighted by molar-refractivity contribution is 5.70. The van der Waals surface area contributed by atoms with Crippen molar-refractivity contribution < 1.29 is 14.3 Å². The molecule has 0 spiro atoms. The predicted octanol–water partition coefficient (Wildman–Crippen LogP) is 0.978. The average Bonchev–Trinajstić information content (AvgIpc) is 2.58. The monoisotopic (exact) mass is 228 g/mol. The highest BCUT2D eigenvalue weighted by Gasteiger charge is 2.26. The van der Waals surface area contributed by atoms with Gasteiger partial charge in [-0.1, -0.05) is 13.3 Å². The van der Waals surface area contributed by atoms with Gasteiger partial charge in [0, 0.05) is 33.1 Å². The van der Waals surface area contributed by atoms with E-state index in [9.17, 15) is 4.79 Å². The molecule has 0 saturated heterocycles. The standard InChI is InChI=1S/C11H20N2O3/c1-4-5-6-13-8-7-12(2)11(13)16-10(14)9-15-3/h7-8,11H,4-6,9H2,1-3H3. The number of ether oxygens (including phenoxy) is 2. The number of carbonyl (C=O) groups excluding carboxylic acids is 1. The number of carbonyl (C=O) groups is 1. The zero-order valence-electron chi connectivity index (χ0n) is 10.2. The maximum Gasteiger partial charge on any atom is 0.335 e. The third-order valence-electron chi connectivity index (χ3n) is 2.39. The molecule has 16 heavy (non-hydrogen) atoms. The Morgan fingerprint density at radius 2 is 2.19 bits per heavy atom. The first-order chi connectivity index (χ1) is 7.69. The second-order valence-electron chi connectivity index (χ2n) is 3.80. The first kappa shape index (κ1) is 12.8. The number of hydrogen-bond donors (Lipinski definition) is 0. The summed E-state index contributed by atoms with van der Waals surface area (Å²) in [6.07, 6.45) is 5.72. The van der Waals surface area contributed by atoms with E-state index in [1.807, 2.05) is 29.2 Å². The van der Waals surface area contributed by atoms with Gasteiger partial charge in [-0.25, -0.2) is 4.79 Å². The molecule has 5 nitrogen and oxygen atoms in total. The second-order valence-corrected chi connectivity index (χ2v) is 3.80. The normalized spacial score (nSPS) is 19.3. The van der Waals surface area contributed by atoms with Crippen LogP contribution in [0.1, 0.15) is 19.8 Å². The molecule has 0 bridgehead atoms. The van der Waals surface area contributed by atoms with Crippen molar-refractivity contribution in [3.63, 3.8) is 0 Å². The zero-order chi connectivity index (χ0) is 12.0. The van der Waals surface area contributed by atoms with Gasteiger partial charge in [0.25, 0.3) is 6.35 Å². The average molecular weight is 228 g/mol. The van der Waals surface area contributed by atoms with Crippen LogP contribution in [0.2, 0.25) is 0 Å². The fraction of sp³-hybridized carbons (Fsp3) is 0.727. The van der Waals surface area contributed by atoms with Crippen molar-refractivity contribution in [3.8, 4) is 0 Å². The van der Waals surface area contributed by atoms with Crippen molar-refractivity contribution in [1.29, 1.82) is 0 Å². The first-order valence-electron chi connectivity index (χ1n) is 5.53. The van der Waals surface area contributed by atoms with Crippen LogP contribution in [0.25, 0.3) is 0 Å². The molecule has 1 aliphatic rings. The molecule has 1 aliphatic heterocycles. The molecule has 0 aromatic rings. The maximum absolute atomic E-state index is 11.3. The lowest BCUT2D eigenvalue weighted by atomic mass is 10.3. The van der Waals surface area contributed by atoms with Crippen LogP contribution >= 0.6 is 0 Å². The van der Waals surface area contributed by atoms with E-state index in [-0.39, 0.29) is 18.9 Å². The minimum absolute atomic E-state index is 0.00798. The Bertz CT molecular complexity index is 256. The minimum Gasteiger partial charge on any atom is -0.421 e. The highest BCUT2D eigenvalue weighted by Crippen LogP contribution is 2.15. The van der Waals surface area contributed by atoms with Crippen molar-refractivity contribution >= 4 is 5.97 Å². The molecule has 0 aromatic carbocycles. The predicted molar refractivity (Wildman–Crippen MR) is 60.3 cm³/mol. The molecule has 1 rings (SSSR count). The van der Waals surface area contributed by atoms with Gasteiger partial charge in [0.05, 0.1) is 0 Å². The van der Waals surface area contributed by atoms with Crippen LogP contribution in [0.3, 0.4) is 0 Å². The lowest BCUT2D eigenvalue weighted by molar-refractivity contribution is -0.171. The highest BCUT2D eigenvalue weighted by atomic mass is 16.6. The van der Waals surface area contributed by atoms with Crippen molar-refractivity contribution in [2.75, 3.05) is 27.3 Å². The lowest BCUT2D eigenvalue weighted by Gasteiger charge is -2.29. The quantitative estimate of drug-likeness (QED) is 0.634. The van der Waals surface area contributed by atoms with E-state index in [0.717, 1.165) is 19.4 Å². The van der Waals surface area contributed by atoms with Crippen LogP contribution < -0.4 is 0 Å². The molecule has 0 saturated carbocycles. The van der Waals surface area contributed by atoms with E-state index < -0.39 is 0 Å². The molecule has 92 valence electrons. The third-order valence-corrected chi connectivity index (χ3v) is 2.39. The molecular weight excluding hydrogens is 208 g/mol. The molecule has 0 N–H and O–H groups in total. The van der Waals surface area contributed by atoms with Gasteiger partial charge in [-0.3, -0.25) is 0 Å². The van der Waals surface area contributed by atoms with E-state index >= 15 is 0 Å². The van der Waals surface area contributed by atoms with Gasteiger partial charge in [0.1, 0.15) is 6.61 Å². The number of hydrogen-bond acceptors (Lipinski definition) is 5. The molecule has 5 heteroatoms. The smallest absolute Gasteiger partial charge is 0.335 e. The Labute approximate surface area is 96.6 Å². The lowest BCUT2D eigenvalue weighted by Crippen LogP contribution is -2.41. The largest absolute Gasteiger partial charge is 0.421 e. The van der Waals surface area contributed by atoms with Gasteiger partial charge in [-0.05, 0) is 6.42 Å². The van der Waals surface area contributed by atoms with Gasteiger partial charge in [-0.2, -0.15) is 0 Å². The van der Waals surface area contributed by atoms with Crippen molar-refractivity contribution in [3.05, 3.63) is 12.4 Å². The topological polar surface area (TPSA) is 42.0 Å². The third kappa shape index (κ3) is 3.41. The summed E-state index contributed by atoms with van der Waals surface area (Å²) >= 11 is 0. The number of esters is 1. The van der Waals surface area contributed by atoms with Crippen molar-refractivity contribution in [2.45, 2.75) is 26.1 Å². The summed E-state index contributed by atoms with van der Waals surface area (Å²) in [5.41, 5.74) is 0. The molecular formula is C11H20N2O3. The van der Waals surface area contributed by atoms with Crippen LogP contribution in [0.15, 0.2) is 12.4 Å². The Hall–Kier alpha value is -1.23. The molecule has 1 atom stereocenters. The summed E-state index contributed by atoms with van der Waals surface area (Å²) < 4.78 is 10.0. The molecule has 1 heterocycles. The van der Waals surface area contributed by atoms with Gasteiger partial charge in [0.2, 0.25) is 0 Å². The molecule has 0 aromatic heterocycles. The van der Waals surface area contributed by atoms with Crippen LogP contribution in [0, 0.1) is 0 Å². The van der Waals surface area contributed by atoms with Crippen LogP contribution in [0.4, 0.5) is 0 Å². The van der Waals surface area contributed by atoms with E-state index in [1.54, 1.807) is 0 Å². The summed E-state index contributed by atoms with van der Waals surface area (Å²) in [4.78, 5) is 15.2. The Morgan fingerprint density at radius 1 is 1.44 bits per heavy atom. The van der Waals surface area contributed by atoms with Crippen LogP contribution in [-0.4, -0.2) is 49.4 Å². The Morgan fingerprint density at radius 3 is 2.81 bits per heavy atom. The Balaban J connectivity index is 2.45. The molecule has 0 radical (unpaired) electrons. The fourth-order valence-corrected chi connectivity index (χ4v) is 1.52. The fourth-order valence-electron chi connectivity index (χ4n) is 1.52.